The molecule has 1 aromatic carbocycles. The highest BCUT2D eigenvalue weighted by atomic mass is 35.5. The molecule has 0 spiro atoms. The second-order valence-corrected chi connectivity index (χ2v) is 6.30. The molecule has 7 heteroatoms. The number of hydrogen-bond donors (Lipinski definition) is 1. The Morgan fingerprint density at radius 3 is 2.96 bits per heavy atom. The maximum Gasteiger partial charge on any atom is 0.253 e. The van der Waals surface area contributed by atoms with Crippen molar-refractivity contribution in [1.82, 2.24) is 15.5 Å². The molecule has 1 aliphatic rings. The first kappa shape index (κ1) is 15.9. The van der Waals surface area contributed by atoms with E-state index in [-0.39, 0.29) is 17.0 Å². The summed E-state index contributed by atoms with van der Waals surface area (Å²) >= 11 is 5.92. The Morgan fingerprint density at radius 1 is 1.43 bits per heavy atom. The van der Waals surface area contributed by atoms with Gasteiger partial charge in [0.05, 0.1) is 10.6 Å². The van der Waals surface area contributed by atoms with Crippen molar-refractivity contribution < 1.29 is 13.6 Å². The van der Waals surface area contributed by atoms with Crippen LogP contribution in [0, 0.1) is 18.7 Å². The third-order valence-electron chi connectivity index (χ3n) is 4.08. The number of benzene rings is 1. The number of aromatic nitrogens is 2. The summed E-state index contributed by atoms with van der Waals surface area (Å²) in [6, 6.07) is 3.86. The van der Waals surface area contributed by atoms with E-state index in [1.54, 1.807) is 6.92 Å². The third kappa shape index (κ3) is 3.88. The number of rotatable bonds is 4. The van der Waals surface area contributed by atoms with Gasteiger partial charge < -0.3 is 9.73 Å². The molecule has 0 bridgehead atoms. The van der Waals surface area contributed by atoms with Crippen LogP contribution < -0.4 is 5.32 Å². The molecule has 0 radical (unpaired) electrons. The number of carbonyl (C=O) groups excluding carboxylic acids is 1. The summed E-state index contributed by atoms with van der Waals surface area (Å²) in [5, 5.41) is 10.9. The molecule has 1 N–H and O–H groups in total. The Balaban J connectivity index is 1.56. The standard InChI is InChI=1S/C16H17ClFN3O2/c1-9-20-21-15(23-9)7-10-2-4-12(6-10)19-16(22)13-5-3-11(18)8-14(13)17/h3,5,8,10,12H,2,4,6-7H2,1H3,(H,19,22)/t10-,12+/m1/s1. The maximum absolute atomic E-state index is 13.0. The molecule has 1 heterocycles. The molecule has 1 aliphatic carbocycles. The van der Waals surface area contributed by atoms with E-state index in [0.717, 1.165) is 31.7 Å². The lowest BCUT2D eigenvalue weighted by Crippen LogP contribution is -2.33. The van der Waals surface area contributed by atoms with Crippen LogP contribution >= 0.6 is 11.6 Å². The highest BCUT2D eigenvalue weighted by Gasteiger charge is 2.28. The van der Waals surface area contributed by atoms with Gasteiger partial charge in [-0.15, -0.1) is 10.2 Å². The Morgan fingerprint density at radius 2 is 2.26 bits per heavy atom. The number of nitrogens with zero attached hydrogens (tertiary/aromatic N) is 2. The summed E-state index contributed by atoms with van der Waals surface area (Å²) in [6.45, 7) is 1.76. The Bertz CT molecular complexity index is 719. The molecule has 1 aromatic heterocycles. The van der Waals surface area contributed by atoms with E-state index in [1.165, 1.54) is 12.1 Å². The molecule has 3 rings (SSSR count). The number of carbonyl (C=O) groups is 1. The van der Waals surface area contributed by atoms with Gasteiger partial charge in [-0.05, 0) is 43.4 Å². The first-order valence-corrected chi connectivity index (χ1v) is 7.94. The topological polar surface area (TPSA) is 68.0 Å². The first-order valence-electron chi connectivity index (χ1n) is 7.56. The lowest BCUT2D eigenvalue weighted by atomic mass is 10.0. The molecule has 2 atom stereocenters. The smallest absolute Gasteiger partial charge is 0.253 e. The van der Waals surface area contributed by atoms with Gasteiger partial charge in [0.2, 0.25) is 11.8 Å². The Kier molecular flexibility index (Phi) is 4.61. The summed E-state index contributed by atoms with van der Waals surface area (Å²) in [5.74, 6) is 0.885. The summed E-state index contributed by atoms with van der Waals surface area (Å²) in [7, 11) is 0. The summed E-state index contributed by atoms with van der Waals surface area (Å²) in [6.07, 6.45) is 3.46. The van der Waals surface area contributed by atoms with E-state index in [9.17, 15) is 9.18 Å². The van der Waals surface area contributed by atoms with E-state index < -0.39 is 5.82 Å². The van der Waals surface area contributed by atoms with Crippen molar-refractivity contribution in [2.75, 3.05) is 0 Å². The number of hydrogen-bond acceptors (Lipinski definition) is 4. The SMILES string of the molecule is Cc1nnc(C[C@@H]2CC[C@H](NC(=O)c3ccc(F)cc3Cl)C2)o1. The van der Waals surface area contributed by atoms with E-state index >= 15 is 0 Å². The van der Waals surface area contributed by atoms with Crippen molar-refractivity contribution >= 4 is 17.5 Å². The summed E-state index contributed by atoms with van der Waals surface area (Å²) < 4.78 is 18.4. The highest BCUT2D eigenvalue weighted by molar-refractivity contribution is 6.33. The van der Waals surface area contributed by atoms with Crippen molar-refractivity contribution in [2.24, 2.45) is 5.92 Å². The van der Waals surface area contributed by atoms with Crippen LogP contribution in [0.15, 0.2) is 22.6 Å². The molecule has 23 heavy (non-hydrogen) atoms. The van der Waals surface area contributed by atoms with Crippen molar-refractivity contribution in [3.63, 3.8) is 0 Å². The fourth-order valence-electron chi connectivity index (χ4n) is 3.00. The van der Waals surface area contributed by atoms with Gasteiger partial charge in [0, 0.05) is 19.4 Å². The zero-order valence-corrected chi connectivity index (χ0v) is 13.4. The summed E-state index contributed by atoms with van der Waals surface area (Å²) in [5.41, 5.74) is 0.295. The molecule has 0 unspecified atom stereocenters. The van der Waals surface area contributed by atoms with Gasteiger partial charge in [-0.1, -0.05) is 11.6 Å². The minimum absolute atomic E-state index is 0.0811. The van der Waals surface area contributed by atoms with Gasteiger partial charge >= 0.3 is 0 Å². The molecule has 2 aromatic rings. The minimum atomic E-state index is -0.456. The fourth-order valence-corrected chi connectivity index (χ4v) is 3.25. The van der Waals surface area contributed by atoms with Gasteiger partial charge in [-0.25, -0.2) is 4.39 Å². The largest absolute Gasteiger partial charge is 0.426 e. The van der Waals surface area contributed by atoms with Gasteiger partial charge in [-0.2, -0.15) is 0 Å². The van der Waals surface area contributed by atoms with Crippen molar-refractivity contribution in [1.29, 1.82) is 0 Å². The highest BCUT2D eigenvalue weighted by Crippen LogP contribution is 2.29. The Labute approximate surface area is 138 Å². The molecule has 1 saturated carbocycles. The maximum atomic E-state index is 13.0. The van der Waals surface area contributed by atoms with Gasteiger partial charge in [0.1, 0.15) is 5.82 Å². The zero-order valence-electron chi connectivity index (χ0n) is 12.7. The van der Waals surface area contributed by atoms with Crippen LogP contribution in [0.3, 0.4) is 0 Å². The number of amides is 1. The van der Waals surface area contributed by atoms with E-state index in [1.807, 2.05) is 0 Å². The van der Waals surface area contributed by atoms with Crippen LogP contribution in [0.4, 0.5) is 4.39 Å². The predicted molar refractivity (Wildman–Crippen MR) is 82.7 cm³/mol. The molecule has 1 amide bonds. The predicted octanol–water partition coefficient (Wildman–Crippen LogP) is 3.31. The normalized spacial score (nSPS) is 20.7. The van der Waals surface area contributed by atoms with Crippen molar-refractivity contribution in [2.45, 2.75) is 38.6 Å². The van der Waals surface area contributed by atoms with Crippen LogP contribution in [0.25, 0.3) is 0 Å². The van der Waals surface area contributed by atoms with Gasteiger partial charge in [-0.3, -0.25) is 4.79 Å². The molecule has 0 saturated heterocycles. The molecule has 5 nitrogen and oxygen atoms in total. The van der Waals surface area contributed by atoms with Crippen LogP contribution in [-0.2, 0) is 6.42 Å². The van der Waals surface area contributed by atoms with E-state index in [0.29, 0.717) is 23.3 Å². The molecule has 122 valence electrons. The van der Waals surface area contributed by atoms with E-state index in [2.05, 4.69) is 15.5 Å². The van der Waals surface area contributed by atoms with Crippen molar-refractivity contribution in [3.8, 4) is 0 Å². The van der Waals surface area contributed by atoms with Gasteiger partial charge in [0.15, 0.2) is 0 Å². The van der Waals surface area contributed by atoms with Crippen LogP contribution in [0.5, 0.6) is 0 Å². The molecular weight excluding hydrogens is 321 g/mol. The molecular formula is C16H17ClFN3O2. The lowest BCUT2D eigenvalue weighted by molar-refractivity contribution is 0.0937. The number of nitrogens with one attached hydrogen (secondary N) is 1. The molecule has 1 fully saturated rings. The van der Waals surface area contributed by atoms with Crippen molar-refractivity contribution in [3.05, 3.63) is 46.4 Å². The quantitative estimate of drug-likeness (QED) is 0.929. The third-order valence-corrected chi connectivity index (χ3v) is 4.40. The molecule has 0 aliphatic heterocycles. The number of halogens is 2. The monoisotopic (exact) mass is 337 g/mol. The van der Waals surface area contributed by atoms with Crippen LogP contribution in [0.1, 0.15) is 41.4 Å². The first-order chi connectivity index (χ1) is 11.0. The van der Waals surface area contributed by atoms with Gasteiger partial charge in [0.25, 0.3) is 5.91 Å². The minimum Gasteiger partial charge on any atom is -0.426 e. The second-order valence-electron chi connectivity index (χ2n) is 5.89. The van der Waals surface area contributed by atoms with E-state index in [4.69, 9.17) is 16.0 Å². The fraction of sp³-hybridized carbons (Fsp3) is 0.438. The lowest BCUT2D eigenvalue weighted by Gasteiger charge is -2.13. The zero-order chi connectivity index (χ0) is 16.4. The Hall–Kier alpha value is -1.95. The average Bonchev–Trinajstić information content (AvgIpc) is 3.08. The summed E-state index contributed by atoms with van der Waals surface area (Å²) in [4.78, 5) is 12.2. The van der Waals surface area contributed by atoms with Crippen LogP contribution in [-0.4, -0.2) is 22.1 Å². The van der Waals surface area contributed by atoms with Crippen LogP contribution in [0.2, 0.25) is 5.02 Å². The average molecular weight is 338 g/mol. The number of aryl methyl sites for hydroxylation is 1. The second kappa shape index (κ2) is 6.66.